The second kappa shape index (κ2) is 5.27. The van der Waals surface area contributed by atoms with Crippen LogP contribution in [0.15, 0.2) is 46.9 Å². The molecule has 0 saturated carbocycles. The number of halogens is 3. The van der Waals surface area contributed by atoms with E-state index in [2.05, 4.69) is 15.9 Å². The molecule has 0 unspecified atom stereocenters. The lowest BCUT2D eigenvalue weighted by Crippen LogP contribution is -2.00. The highest BCUT2D eigenvalue weighted by molar-refractivity contribution is 9.10. The Morgan fingerprint density at radius 1 is 1.00 bits per heavy atom. The molecule has 0 bridgehead atoms. The average molecular weight is 299 g/mol. The minimum atomic E-state index is -0.863. The van der Waals surface area contributed by atoms with E-state index in [1.54, 1.807) is 6.07 Å². The van der Waals surface area contributed by atoms with Crippen molar-refractivity contribution >= 4 is 15.9 Å². The van der Waals surface area contributed by atoms with Crippen LogP contribution in [0.3, 0.4) is 0 Å². The third kappa shape index (κ3) is 2.82. The van der Waals surface area contributed by atoms with Gasteiger partial charge in [-0.05, 0) is 34.1 Å². The van der Waals surface area contributed by atoms with Crippen LogP contribution in [-0.4, -0.2) is 0 Å². The third-order valence-corrected chi connectivity index (χ3v) is 2.91. The highest BCUT2D eigenvalue weighted by Crippen LogP contribution is 2.25. The first-order valence-electron chi connectivity index (χ1n) is 4.98. The summed E-state index contributed by atoms with van der Waals surface area (Å²) in [6, 6.07) is 11.3. The fourth-order valence-corrected chi connectivity index (χ4v) is 1.78. The van der Waals surface area contributed by atoms with Crippen LogP contribution in [0.2, 0.25) is 0 Å². The zero-order valence-corrected chi connectivity index (χ0v) is 10.4. The van der Waals surface area contributed by atoms with E-state index < -0.39 is 11.6 Å². The maximum Gasteiger partial charge on any atom is 0.165 e. The number of para-hydroxylation sites is 1. The van der Waals surface area contributed by atoms with Gasteiger partial charge >= 0.3 is 0 Å². The number of ether oxygens (including phenoxy) is 1. The summed E-state index contributed by atoms with van der Waals surface area (Å²) in [6.45, 7) is -0.00773. The molecule has 0 N–H and O–H groups in total. The van der Waals surface area contributed by atoms with Gasteiger partial charge in [-0.25, -0.2) is 8.78 Å². The lowest BCUT2D eigenvalue weighted by atomic mass is 10.2. The summed E-state index contributed by atoms with van der Waals surface area (Å²) >= 11 is 3.31. The predicted octanol–water partition coefficient (Wildman–Crippen LogP) is 4.31. The lowest BCUT2D eigenvalue weighted by molar-refractivity contribution is 0.295. The minimum Gasteiger partial charge on any atom is -0.488 e. The van der Waals surface area contributed by atoms with Crippen LogP contribution in [-0.2, 0) is 6.61 Å². The smallest absolute Gasteiger partial charge is 0.165 e. The average Bonchev–Trinajstić information content (AvgIpc) is 2.33. The van der Waals surface area contributed by atoms with E-state index >= 15 is 0 Å². The van der Waals surface area contributed by atoms with Gasteiger partial charge in [-0.3, -0.25) is 0 Å². The highest BCUT2D eigenvalue weighted by atomic mass is 79.9. The van der Waals surface area contributed by atoms with Gasteiger partial charge in [0.2, 0.25) is 0 Å². The normalized spacial score (nSPS) is 10.3. The number of hydrogen-bond donors (Lipinski definition) is 0. The summed E-state index contributed by atoms with van der Waals surface area (Å²) in [5.74, 6) is -1.13. The number of benzene rings is 2. The molecule has 0 radical (unpaired) electrons. The van der Waals surface area contributed by atoms with Crippen LogP contribution < -0.4 is 4.74 Å². The van der Waals surface area contributed by atoms with Gasteiger partial charge in [0.15, 0.2) is 11.6 Å². The molecule has 88 valence electrons. The van der Waals surface area contributed by atoms with Gasteiger partial charge in [-0.1, -0.05) is 24.3 Å². The van der Waals surface area contributed by atoms with E-state index in [1.807, 2.05) is 18.2 Å². The van der Waals surface area contributed by atoms with E-state index in [4.69, 9.17) is 4.74 Å². The molecule has 0 heterocycles. The molecule has 2 aromatic carbocycles. The van der Waals surface area contributed by atoms with Crippen molar-refractivity contribution in [2.75, 3.05) is 0 Å². The van der Waals surface area contributed by atoms with Gasteiger partial charge < -0.3 is 4.74 Å². The predicted molar refractivity (Wildman–Crippen MR) is 64.8 cm³/mol. The van der Waals surface area contributed by atoms with Gasteiger partial charge in [0.25, 0.3) is 0 Å². The Kier molecular flexibility index (Phi) is 3.74. The van der Waals surface area contributed by atoms with Crippen molar-refractivity contribution in [1.29, 1.82) is 0 Å². The van der Waals surface area contributed by atoms with Crippen molar-refractivity contribution in [3.8, 4) is 5.75 Å². The summed E-state index contributed by atoms with van der Waals surface area (Å²) in [4.78, 5) is 0. The standard InChI is InChI=1S/C13H9BrF2O/c14-10-5-1-2-7-12(10)17-8-9-4-3-6-11(15)13(9)16/h1-7H,8H2. The lowest BCUT2D eigenvalue weighted by Gasteiger charge is -2.08. The van der Waals surface area contributed by atoms with Crippen LogP contribution >= 0.6 is 15.9 Å². The fraction of sp³-hybridized carbons (Fsp3) is 0.0769. The molecule has 17 heavy (non-hydrogen) atoms. The topological polar surface area (TPSA) is 9.23 Å². The molecule has 0 spiro atoms. The zero-order valence-electron chi connectivity index (χ0n) is 8.79. The van der Waals surface area contributed by atoms with Crippen molar-refractivity contribution < 1.29 is 13.5 Å². The summed E-state index contributed by atoms with van der Waals surface area (Å²) in [6.07, 6.45) is 0. The highest BCUT2D eigenvalue weighted by Gasteiger charge is 2.08. The molecule has 0 saturated heterocycles. The Balaban J connectivity index is 2.13. The van der Waals surface area contributed by atoms with Gasteiger partial charge in [-0.15, -0.1) is 0 Å². The molecule has 0 atom stereocenters. The molecular formula is C13H9BrF2O. The molecule has 2 rings (SSSR count). The monoisotopic (exact) mass is 298 g/mol. The quantitative estimate of drug-likeness (QED) is 0.820. The molecule has 0 fully saturated rings. The molecule has 4 heteroatoms. The van der Waals surface area contributed by atoms with E-state index in [9.17, 15) is 8.78 Å². The molecule has 2 aromatic rings. The van der Waals surface area contributed by atoms with Gasteiger partial charge in [0.05, 0.1) is 4.47 Å². The van der Waals surface area contributed by atoms with Crippen molar-refractivity contribution in [2.24, 2.45) is 0 Å². The van der Waals surface area contributed by atoms with Crippen LogP contribution in [0.4, 0.5) is 8.78 Å². The molecule has 0 aliphatic heterocycles. The maximum absolute atomic E-state index is 13.3. The van der Waals surface area contributed by atoms with Crippen molar-refractivity contribution in [3.05, 3.63) is 64.1 Å². The third-order valence-electron chi connectivity index (χ3n) is 2.25. The Bertz CT molecular complexity index is 529. The molecule has 0 amide bonds. The van der Waals surface area contributed by atoms with Crippen LogP contribution in [0.25, 0.3) is 0 Å². The second-order valence-corrected chi connectivity index (χ2v) is 4.29. The molecule has 0 aliphatic carbocycles. The summed E-state index contributed by atoms with van der Waals surface area (Å²) in [7, 11) is 0. The second-order valence-electron chi connectivity index (χ2n) is 3.43. The van der Waals surface area contributed by atoms with E-state index in [-0.39, 0.29) is 12.2 Å². The largest absolute Gasteiger partial charge is 0.488 e. The minimum absolute atomic E-state index is 0.00773. The van der Waals surface area contributed by atoms with Gasteiger partial charge in [0, 0.05) is 5.56 Å². The Morgan fingerprint density at radius 3 is 2.53 bits per heavy atom. The van der Waals surface area contributed by atoms with Gasteiger partial charge in [0.1, 0.15) is 12.4 Å². The first-order valence-corrected chi connectivity index (χ1v) is 5.78. The van der Waals surface area contributed by atoms with Crippen molar-refractivity contribution in [2.45, 2.75) is 6.61 Å². The maximum atomic E-state index is 13.3. The van der Waals surface area contributed by atoms with E-state index in [1.165, 1.54) is 12.1 Å². The Hall–Kier alpha value is -1.42. The summed E-state index contributed by atoms with van der Waals surface area (Å²) in [5.41, 5.74) is 0.195. The number of hydrogen-bond acceptors (Lipinski definition) is 1. The number of rotatable bonds is 3. The molecule has 0 aliphatic rings. The Morgan fingerprint density at radius 2 is 1.76 bits per heavy atom. The summed E-state index contributed by atoms with van der Waals surface area (Å²) < 4.78 is 32.5. The van der Waals surface area contributed by atoms with E-state index in [0.29, 0.717) is 5.75 Å². The molecule has 1 nitrogen and oxygen atoms in total. The fourth-order valence-electron chi connectivity index (χ4n) is 1.38. The Labute approximate surface area is 106 Å². The first kappa shape index (κ1) is 12.0. The SMILES string of the molecule is Fc1cccc(COc2ccccc2Br)c1F. The summed E-state index contributed by atoms with van der Waals surface area (Å²) in [5, 5.41) is 0. The van der Waals surface area contributed by atoms with Crippen LogP contribution in [0, 0.1) is 11.6 Å². The van der Waals surface area contributed by atoms with Crippen LogP contribution in [0.5, 0.6) is 5.75 Å². The van der Waals surface area contributed by atoms with E-state index in [0.717, 1.165) is 10.5 Å². The van der Waals surface area contributed by atoms with Crippen molar-refractivity contribution in [1.82, 2.24) is 0 Å². The first-order chi connectivity index (χ1) is 8.18. The molecular weight excluding hydrogens is 290 g/mol. The zero-order chi connectivity index (χ0) is 12.3. The van der Waals surface area contributed by atoms with Crippen LogP contribution in [0.1, 0.15) is 5.56 Å². The molecule has 0 aromatic heterocycles. The van der Waals surface area contributed by atoms with Gasteiger partial charge in [-0.2, -0.15) is 0 Å². The van der Waals surface area contributed by atoms with Crippen molar-refractivity contribution in [3.63, 3.8) is 0 Å².